The molecule has 1 N–H and O–H groups in total. The molecule has 0 bridgehead atoms. The lowest BCUT2D eigenvalue weighted by molar-refractivity contribution is 0.0954. The molecule has 1 aliphatic rings. The monoisotopic (exact) mass is 444 g/mol. The Labute approximate surface area is 183 Å². The zero-order chi connectivity index (χ0) is 22.0. The zero-order valence-corrected chi connectivity index (χ0v) is 17.6. The number of thiazole rings is 1. The fraction of sp³-hybridized carbons (Fsp3) is 0.227. The van der Waals surface area contributed by atoms with Crippen LogP contribution in [0.4, 0.5) is 18.7 Å². The Morgan fingerprint density at radius 1 is 1.13 bits per heavy atom. The molecule has 1 fully saturated rings. The van der Waals surface area contributed by atoms with Crippen LogP contribution in [0.3, 0.4) is 0 Å². The highest BCUT2D eigenvalue weighted by Crippen LogP contribution is 2.29. The van der Waals surface area contributed by atoms with Crippen LogP contribution in [-0.2, 0) is 13.1 Å². The van der Waals surface area contributed by atoms with Crippen LogP contribution in [0.15, 0.2) is 48.5 Å². The van der Waals surface area contributed by atoms with Gasteiger partial charge >= 0.3 is 6.03 Å². The molecule has 6 nitrogen and oxygen atoms in total. The minimum Gasteiger partial charge on any atom is -0.347 e. The van der Waals surface area contributed by atoms with Crippen LogP contribution in [0.5, 0.6) is 0 Å². The largest absolute Gasteiger partial charge is 0.347 e. The van der Waals surface area contributed by atoms with Gasteiger partial charge < -0.3 is 10.2 Å². The second-order valence-corrected chi connectivity index (χ2v) is 8.16. The van der Waals surface area contributed by atoms with Crippen LogP contribution in [0.2, 0.25) is 0 Å². The van der Waals surface area contributed by atoms with Crippen molar-refractivity contribution in [2.75, 3.05) is 18.0 Å². The van der Waals surface area contributed by atoms with E-state index in [0.717, 1.165) is 29.0 Å². The molecule has 3 aromatic rings. The third kappa shape index (κ3) is 4.56. The van der Waals surface area contributed by atoms with E-state index in [1.165, 1.54) is 6.07 Å². The van der Waals surface area contributed by atoms with Gasteiger partial charge in [-0.15, -0.1) is 0 Å². The van der Waals surface area contributed by atoms with E-state index in [2.05, 4.69) is 10.3 Å². The molecule has 9 heteroatoms. The molecular weight excluding hydrogens is 422 g/mol. The number of nitrogens with one attached hydrogen (secondary N) is 1. The molecule has 0 atom stereocenters. The average molecular weight is 445 g/mol. The van der Waals surface area contributed by atoms with E-state index in [9.17, 15) is 18.4 Å². The van der Waals surface area contributed by atoms with Crippen molar-refractivity contribution >= 4 is 28.4 Å². The van der Waals surface area contributed by atoms with Crippen molar-refractivity contribution in [1.82, 2.24) is 15.2 Å². The van der Waals surface area contributed by atoms with Crippen molar-refractivity contribution in [3.8, 4) is 0 Å². The van der Waals surface area contributed by atoms with Gasteiger partial charge in [0.05, 0.1) is 5.69 Å². The van der Waals surface area contributed by atoms with Gasteiger partial charge in [-0.25, -0.2) is 18.6 Å². The molecule has 0 aliphatic carbocycles. The van der Waals surface area contributed by atoms with Crippen molar-refractivity contribution in [3.05, 3.63) is 81.9 Å². The van der Waals surface area contributed by atoms with E-state index in [-0.39, 0.29) is 19.9 Å². The summed E-state index contributed by atoms with van der Waals surface area (Å²) >= 11 is 1.14. The Hall–Kier alpha value is -3.33. The molecule has 1 saturated heterocycles. The van der Waals surface area contributed by atoms with Crippen molar-refractivity contribution in [3.63, 3.8) is 0 Å². The first kappa shape index (κ1) is 20.9. The van der Waals surface area contributed by atoms with Crippen LogP contribution < -0.4 is 10.2 Å². The summed E-state index contributed by atoms with van der Waals surface area (Å²) in [5.41, 5.74) is 2.00. The molecule has 2 heterocycles. The van der Waals surface area contributed by atoms with Crippen molar-refractivity contribution < 1.29 is 19.8 Å². The first-order valence-electron chi connectivity index (χ1n) is 9.72. The molecule has 3 amide bonds. The number of rotatable bonds is 6. The van der Waals surface area contributed by atoms with Crippen LogP contribution in [0.25, 0.3) is 0 Å². The third-order valence-electron chi connectivity index (χ3n) is 4.97. The molecule has 1 aromatic heterocycles. The van der Waals surface area contributed by atoms with E-state index in [0.29, 0.717) is 40.9 Å². The summed E-state index contributed by atoms with van der Waals surface area (Å²) < 4.78 is 26.4. The Morgan fingerprint density at radius 3 is 2.65 bits per heavy atom. The van der Waals surface area contributed by atoms with E-state index in [1.54, 1.807) is 16.7 Å². The second kappa shape index (κ2) is 8.81. The van der Waals surface area contributed by atoms with Gasteiger partial charge in [0.25, 0.3) is 5.91 Å². The molecule has 31 heavy (non-hydrogen) atoms. The molecule has 2 aromatic carbocycles. The quantitative estimate of drug-likeness (QED) is 0.615. The van der Waals surface area contributed by atoms with Gasteiger partial charge in [0.1, 0.15) is 4.88 Å². The summed E-state index contributed by atoms with van der Waals surface area (Å²) in [6, 6.07) is 13.1. The Balaban J connectivity index is 0.00000289. The lowest BCUT2D eigenvalue weighted by Crippen LogP contribution is -2.31. The van der Waals surface area contributed by atoms with Gasteiger partial charge in [-0.2, -0.15) is 0 Å². The lowest BCUT2D eigenvalue weighted by Gasteiger charge is -2.16. The Bertz CT molecular complexity index is 1130. The number of aromatic nitrogens is 1. The number of anilines is 1. The average Bonchev–Trinajstić information content (AvgIpc) is 3.32. The fourth-order valence-electron chi connectivity index (χ4n) is 3.33. The Morgan fingerprint density at radius 2 is 1.90 bits per heavy atom. The molecule has 4 rings (SSSR count). The zero-order valence-electron chi connectivity index (χ0n) is 16.8. The molecule has 0 unspecified atom stereocenters. The first-order valence-corrected chi connectivity index (χ1v) is 10.5. The summed E-state index contributed by atoms with van der Waals surface area (Å²) in [5.74, 6) is -2.27. The number of amides is 3. The van der Waals surface area contributed by atoms with E-state index in [1.807, 2.05) is 30.3 Å². The smallest absolute Gasteiger partial charge is 0.326 e. The summed E-state index contributed by atoms with van der Waals surface area (Å²) in [4.78, 5) is 33.5. The fourth-order valence-corrected chi connectivity index (χ4v) is 4.33. The topological polar surface area (TPSA) is 65.5 Å². The van der Waals surface area contributed by atoms with E-state index in [4.69, 9.17) is 0 Å². The maximum Gasteiger partial charge on any atom is 0.326 e. The normalized spacial score (nSPS) is 13.7. The van der Waals surface area contributed by atoms with E-state index < -0.39 is 11.6 Å². The second-order valence-electron chi connectivity index (χ2n) is 7.18. The summed E-state index contributed by atoms with van der Waals surface area (Å²) in [5, 5.41) is 3.16. The number of carbonyl (C=O) groups is 2. The minimum atomic E-state index is -0.962. The van der Waals surface area contributed by atoms with Crippen molar-refractivity contribution in [1.29, 1.82) is 0 Å². The first-order chi connectivity index (χ1) is 14.9. The van der Waals surface area contributed by atoms with Crippen LogP contribution in [0, 0.1) is 18.6 Å². The molecule has 0 saturated carbocycles. The molecular formula is C22H22F2N4O2S. The summed E-state index contributed by atoms with van der Waals surface area (Å²) in [7, 11) is 0. The predicted molar refractivity (Wildman–Crippen MR) is 116 cm³/mol. The van der Waals surface area contributed by atoms with Crippen molar-refractivity contribution in [2.24, 2.45) is 0 Å². The molecule has 1 aliphatic heterocycles. The highest BCUT2D eigenvalue weighted by atomic mass is 32.1. The summed E-state index contributed by atoms with van der Waals surface area (Å²) in [6.07, 6.45) is 0. The van der Waals surface area contributed by atoms with Crippen LogP contribution in [0.1, 0.15) is 27.9 Å². The standard InChI is InChI=1S/C22H20F2N4O2S.H2/c1-14-19(20(29)25-12-16-7-8-17(23)18(24)11-16)31-21(26-14)28-10-9-27(22(28)30)13-15-5-3-2-4-6-15;/h2-8,11H,9-10,12-13H2,1H3,(H,25,29);1H. The number of urea groups is 1. The number of halogens is 2. The van der Waals surface area contributed by atoms with Gasteiger partial charge in [0, 0.05) is 27.6 Å². The van der Waals surface area contributed by atoms with Crippen molar-refractivity contribution in [2.45, 2.75) is 20.0 Å². The highest BCUT2D eigenvalue weighted by molar-refractivity contribution is 7.17. The minimum absolute atomic E-state index is 0. The van der Waals surface area contributed by atoms with Gasteiger partial charge in [-0.1, -0.05) is 47.7 Å². The number of aryl methyl sites for hydroxylation is 1. The summed E-state index contributed by atoms with van der Waals surface area (Å²) in [6.45, 7) is 3.34. The van der Waals surface area contributed by atoms with E-state index >= 15 is 0 Å². The SMILES string of the molecule is Cc1nc(N2CCN(Cc3ccccc3)C2=O)sc1C(=O)NCc1ccc(F)c(F)c1.[HH]. The maximum absolute atomic E-state index is 13.3. The highest BCUT2D eigenvalue weighted by Gasteiger charge is 2.32. The van der Waals surface area contributed by atoms with Gasteiger partial charge in [0.15, 0.2) is 16.8 Å². The lowest BCUT2D eigenvalue weighted by atomic mass is 10.2. The Kier molecular flexibility index (Phi) is 5.94. The predicted octanol–water partition coefficient (Wildman–Crippen LogP) is 4.35. The number of carbonyl (C=O) groups excluding carboxylic acids is 2. The number of benzene rings is 2. The van der Waals surface area contributed by atoms with Gasteiger partial charge in [-0.3, -0.25) is 9.69 Å². The number of hydrogen-bond acceptors (Lipinski definition) is 4. The van der Waals surface area contributed by atoms with Gasteiger partial charge in [-0.05, 0) is 30.2 Å². The third-order valence-corrected chi connectivity index (χ3v) is 6.15. The number of hydrogen-bond donors (Lipinski definition) is 1. The molecule has 0 radical (unpaired) electrons. The molecule has 162 valence electrons. The maximum atomic E-state index is 13.3. The molecule has 0 spiro atoms. The van der Waals surface area contributed by atoms with Crippen LogP contribution >= 0.6 is 11.3 Å². The number of nitrogens with zero attached hydrogens (tertiary/aromatic N) is 3. The van der Waals surface area contributed by atoms with Gasteiger partial charge in [0.2, 0.25) is 0 Å². The van der Waals surface area contributed by atoms with Crippen LogP contribution in [-0.4, -0.2) is 34.9 Å².